The molecule has 0 aliphatic heterocycles. The minimum atomic E-state index is -0.172. The zero-order chi connectivity index (χ0) is 15.6. The van der Waals surface area contributed by atoms with E-state index >= 15 is 0 Å². The van der Waals surface area contributed by atoms with Crippen LogP contribution in [0.5, 0.6) is 0 Å². The number of benzene rings is 2. The van der Waals surface area contributed by atoms with Gasteiger partial charge in [-0.25, -0.2) is 0 Å². The normalized spacial score (nSPS) is 10.3. The van der Waals surface area contributed by atoms with Gasteiger partial charge in [0.25, 0.3) is 5.91 Å². The lowest BCUT2D eigenvalue weighted by atomic mass is 10.2. The molecule has 0 unspecified atom stereocenters. The Morgan fingerprint density at radius 3 is 2.57 bits per heavy atom. The average Bonchev–Trinajstić information content (AvgIpc) is 2.41. The van der Waals surface area contributed by atoms with Crippen molar-refractivity contribution in [3.05, 3.63) is 55.0 Å². The predicted octanol–water partition coefficient (Wildman–Crippen LogP) is 5.03. The van der Waals surface area contributed by atoms with E-state index in [-0.39, 0.29) is 5.91 Å². The fourth-order valence-corrected chi connectivity index (χ4v) is 3.08. The van der Waals surface area contributed by atoms with Gasteiger partial charge in [0.1, 0.15) is 0 Å². The quantitative estimate of drug-likeness (QED) is 0.627. The fourth-order valence-electron chi connectivity index (χ4n) is 1.82. The number of hydrogen-bond acceptors (Lipinski definition) is 2. The third-order valence-electron chi connectivity index (χ3n) is 2.86. The van der Waals surface area contributed by atoms with Crippen LogP contribution in [0.1, 0.15) is 10.4 Å². The van der Waals surface area contributed by atoms with E-state index in [0.717, 1.165) is 13.7 Å². The zero-order valence-electron chi connectivity index (χ0n) is 11.5. The zero-order valence-corrected chi connectivity index (χ0v) is 16.0. The van der Waals surface area contributed by atoms with Crippen molar-refractivity contribution in [1.29, 1.82) is 0 Å². The average molecular weight is 480 g/mol. The van der Waals surface area contributed by atoms with Gasteiger partial charge < -0.3 is 10.2 Å². The van der Waals surface area contributed by atoms with Gasteiger partial charge in [0.15, 0.2) is 0 Å². The summed E-state index contributed by atoms with van der Waals surface area (Å²) in [5.74, 6) is -0.172. The lowest BCUT2D eigenvalue weighted by Crippen LogP contribution is -2.13. The highest BCUT2D eigenvalue weighted by Gasteiger charge is 2.12. The van der Waals surface area contributed by atoms with Crippen LogP contribution in [0.3, 0.4) is 0 Å². The molecule has 3 nitrogen and oxygen atoms in total. The molecule has 110 valence electrons. The van der Waals surface area contributed by atoms with Crippen molar-refractivity contribution in [2.24, 2.45) is 0 Å². The van der Waals surface area contributed by atoms with E-state index in [2.05, 4.69) is 43.8 Å². The second-order valence-electron chi connectivity index (χ2n) is 4.64. The predicted molar refractivity (Wildman–Crippen MR) is 101 cm³/mol. The molecule has 0 fully saturated rings. The molecule has 1 amide bonds. The van der Waals surface area contributed by atoms with Gasteiger partial charge in [-0.3, -0.25) is 4.79 Å². The third-order valence-corrected chi connectivity index (χ3v) is 4.53. The van der Waals surface area contributed by atoms with Gasteiger partial charge in [0.2, 0.25) is 0 Å². The van der Waals surface area contributed by atoms with Gasteiger partial charge in [0, 0.05) is 27.8 Å². The first-order valence-corrected chi connectivity index (χ1v) is 8.36. The number of rotatable bonds is 3. The number of nitrogens with zero attached hydrogens (tertiary/aromatic N) is 1. The number of halogens is 3. The summed E-state index contributed by atoms with van der Waals surface area (Å²) < 4.78 is 1.76. The monoisotopic (exact) mass is 478 g/mol. The SMILES string of the molecule is CN(C)c1ccc(NC(=O)c2cc(I)ccc2Br)cc1Cl. The van der Waals surface area contributed by atoms with Crippen LogP contribution in [0.4, 0.5) is 11.4 Å². The second-order valence-corrected chi connectivity index (χ2v) is 7.15. The summed E-state index contributed by atoms with van der Waals surface area (Å²) >= 11 is 11.8. The molecule has 0 radical (unpaired) electrons. The van der Waals surface area contributed by atoms with Crippen molar-refractivity contribution >= 4 is 67.4 Å². The first-order chi connectivity index (χ1) is 9.88. The topological polar surface area (TPSA) is 32.3 Å². The standard InChI is InChI=1S/C15H13BrClIN2O/c1-20(2)14-6-4-10(8-13(14)17)19-15(21)11-7-9(18)3-5-12(11)16/h3-8H,1-2H3,(H,19,21). The van der Waals surface area contributed by atoms with Gasteiger partial charge in [0.05, 0.1) is 16.3 Å². The number of amides is 1. The van der Waals surface area contributed by atoms with E-state index in [1.54, 1.807) is 6.07 Å². The molecular formula is C15H13BrClIN2O. The Hall–Kier alpha value is -0.790. The maximum absolute atomic E-state index is 12.3. The molecule has 1 N–H and O–H groups in total. The molecule has 0 saturated carbocycles. The maximum Gasteiger partial charge on any atom is 0.256 e. The Kier molecular flexibility index (Phi) is 5.51. The molecule has 6 heteroatoms. The Morgan fingerprint density at radius 1 is 1.24 bits per heavy atom. The van der Waals surface area contributed by atoms with Crippen molar-refractivity contribution < 1.29 is 4.79 Å². The summed E-state index contributed by atoms with van der Waals surface area (Å²) in [4.78, 5) is 14.2. The lowest BCUT2D eigenvalue weighted by molar-refractivity contribution is 0.102. The highest BCUT2D eigenvalue weighted by molar-refractivity contribution is 14.1. The number of carbonyl (C=O) groups excluding carboxylic acids is 1. The van der Waals surface area contributed by atoms with Crippen LogP contribution in [0.2, 0.25) is 5.02 Å². The first-order valence-electron chi connectivity index (χ1n) is 6.12. The summed E-state index contributed by atoms with van der Waals surface area (Å²) in [7, 11) is 3.84. The first kappa shape index (κ1) is 16.6. The maximum atomic E-state index is 12.3. The van der Waals surface area contributed by atoms with Crippen molar-refractivity contribution in [2.75, 3.05) is 24.3 Å². The van der Waals surface area contributed by atoms with Crippen LogP contribution in [0.15, 0.2) is 40.9 Å². The Morgan fingerprint density at radius 2 is 1.95 bits per heavy atom. The number of anilines is 2. The van der Waals surface area contributed by atoms with E-state index in [1.165, 1.54) is 0 Å². The molecule has 2 rings (SSSR count). The Labute approximate surface area is 150 Å². The molecule has 0 aromatic heterocycles. The van der Waals surface area contributed by atoms with Gasteiger partial charge in [-0.2, -0.15) is 0 Å². The molecule has 2 aromatic carbocycles. The highest BCUT2D eigenvalue weighted by atomic mass is 127. The van der Waals surface area contributed by atoms with Gasteiger partial charge in [-0.05, 0) is 74.9 Å². The molecule has 2 aromatic rings. The summed E-state index contributed by atoms with van der Waals surface area (Å²) in [5, 5.41) is 3.45. The number of nitrogens with one attached hydrogen (secondary N) is 1. The molecule has 0 aliphatic carbocycles. The van der Waals surface area contributed by atoms with Crippen LogP contribution in [0, 0.1) is 3.57 Å². The fraction of sp³-hybridized carbons (Fsp3) is 0.133. The van der Waals surface area contributed by atoms with Crippen LogP contribution in [-0.2, 0) is 0 Å². The molecular weight excluding hydrogens is 466 g/mol. The van der Waals surface area contributed by atoms with E-state index in [0.29, 0.717) is 16.3 Å². The molecule has 0 saturated heterocycles. The third kappa shape index (κ3) is 4.11. The number of carbonyl (C=O) groups is 1. The van der Waals surface area contributed by atoms with Crippen LogP contribution in [-0.4, -0.2) is 20.0 Å². The minimum absolute atomic E-state index is 0.172. The summed E-state index contributed by atoms with van der Waals surface area (Å²) in [6.07, 6.45) is 0. The van der Waals surface area contributed by atoms with E-state index in [1.807, 2.05) is 49.3 Å². The molecule has 0 aliphatic rings. The molecule has 0 atom stereocenters. The summed E-state index contributed by atoms with van der Waals surface area (Å²) in [5.41, 5.74) is 2.17. The van der Waals surface area contributed by atoms with E-state index in [4.69, 9.17) is 11.6 Å². The molecule has 0 heterocycles. The lowest BCUT2D eigenvalue weighted by Gasteiger charge is -2.15. The Balaban J connectivity index is 2.24. The van der Waals surface area contributed by atoms with E-state index < -0.39 is 0 Å². The van der Waals surface area contributed by atoms with Crippen molar-refractivity contribution in [3.8, 4) is 0 Å². The van der Waals surface area contributed by atoms with Crippen LogP contribution >= 0.6 is 50.1 Å². The largest absolute Gasteiger partial charge is 0.376 e. The van der Waals surface area contributed by atoms with Crippen LogP contribution < -0.4 is 10.2 Å². The van der Waals surface area contributed by atoms with Crippen molar-refractivity contribution in [2.45, 2.75) is 0 Å². The molecule has 0 bridgehead atoms. The summed E-state index contributed by atoms with van der Waals surface area (Å²) in [6.45, 7) is 0. The van der Waals surface area contributed by atoms with Gasteiger partial charge in [-0.15, -0.1) is 0 Å². The summed E-state index contributed by atoms with van der Waals surface area (Å²) in [6, 6.07) is 11.1. The molecule has 0 spiro atoms. The van der Waals surface area contributed by atoms with Crippen molar-refractivity contribution in [1.82, 2.24) is 0 Å². The molecule has 21 heavy (non-hydrogen) atoms. The van der Waals surface area contributed by atoms with Gasteiger partial charge >= 0.3 is 0 Å². The second kappa shape index (κ2) is 6.98. The van der Waals surface area contributed by atoms with E-state index in [9.17, 15) is 4.79 Å². The van der Waals surface area contributed by atoms with Crippen LogP contribution in [0.25, 0.3) is 0 Å². The Bertz CT molecular complexity index is 691. The van der Waals surface area contributed by atoms with Gasteiger partial charge in [-0.1, -0.05) is 11.6 Å². The highest BCUT2D eigenvalue weighted by Crippen LogP contribution is 2.28. The van der Waals surface area contributed by atoms with Crippen molar-refractivity contribution in [3.63, 3.8) is 0 Å². The smallest absolute Gasteiger partial charge is 0.256 e. The number of hydrogen-bond donors (Lipinski definition) is 1. The minimum Gasteiger partial charge on any atom is -0.376 e.